The first-order chi connectivity index (χ1) is 10.5. The number of para-hydroxylation sites is 1. The van der Waals surface area contributed by atoms with Crippen LogP contribution in [-0.2, 0) is 16.1 Å². The molecule has 1 amide bonds. The molecule has 0 spiro atoms. The molecule has 1 aromatic heterocycles. The number of likely N-dealkylation sites (tertiary alicyclic amines) is 1. The number of aromatic nitrogens is 1. The largest absolute Gasteiger partial charge is 0.480 e. The van der Waals surface area contributed by atoms with Crippen LogP contribution in [0.25, 0.3) is 10.9 Å². The van der Waals surface area contributed by atoms with Crippen LogP contribution in [0.2, 0.25) is 0 Å². The van der Waals surface area contributed by atoms with Crippen LogP contribution < -0.4 is 0 Å². The maximum atomic E-state index is 12.4. The molecule has 0 aliphatic carbocycles. The summed E-state index contributed by atoms with van der Waals surface area (Å²) in [6, 6.07) is 10.0. The average molecular weight is 300 g/mol. The molecule has 5 heteroatoms. The van der Waals surface area contributed by atoms with E-state index in [1.165, 1.54) is 4.90 Å². The first kappa shape index (κ1) is 14.6. The third-order valence-corrected chi connectivity index (χ3v) is 4.65. The minimum Gasteiger partial charge on any atom is -0.480 e. The van der Waals surface area contributed by atoms with Crippen LogP contribution in [0.1, 0.15) is 26.2 Å². The number of carboxylic acids is 1. The van der Waals surface area contributed by atoms with Gasteiger partial charge in [0.2, 0.25) is 5.91 Å². The summed E-state index contributed by atoms with van der Waals surface area (Å²) in [5.74, 6) is -0.995. The molecule has 0 saturated carbocycles. The molecule has 22 heavy (non-hydrogen) atoms. The predicted molar refractivity (Wildman–Crippen MR) is 83.5 cm³/mol. The van der Waals surface area contributed by atoms with Crippen molar-refractivity contribution in [3.05, 3.63) is 36.5 Å². The van der Waals surface area contributed by atoms with Gasteiger partial charge < -0.3 is 14.6 Å². The molecular formula is C17H20N2O3. The molecule has 1 saturated heterocycles. The lowest BCUT2D eigenvalue weighted by atomic mass is 9.99. The maximum absolute atomic E-state index is 12.4. The summed E-state index contributed by atoms with van der Waals surface area (Å²) in [6.07, 6.45) is 3.57. The number of aliphatic carboxylic acids is 1. The molecule has 0 bridgehead atoms. The molecule has 2 aromatic rings. The maximum Gasteiger partial charge on any atom is 0.329 e. The highest BCUT2D eigenvalue weighted by Gasteiger charge is 2.45. The molecule has 1 aliphatic heterocycles. The van der Waals surface area contributed by atoms with Crippen LogP contribution in [0.5, 0.6) is 0 Å². The Morgan fingerprint density at radius 3 is 2.82 bits per heavy atom. The van der Waals surface area contributed by atoms with Crippen molar-refractivity contribution >= 4 is 22.8 Å². The van der Waals surface area contributed by atoms with Gasteiger partial charge in [0.05, 0.1) is 0 Å². The number of hydrogen-bond donors (Lipinski definition) is 1. The number of fused-ring (bicyclic) bond motifs is 1. The molecule has 0 radical (unpaired) electrons. The van der Waals surface area contributed by atoms with E-state index in [0.717, 1.165) is 17.3 Å². The minimum absolute atomic E-state index is 0.0832. The van der Waals surface area contributed by atoms with E-state index in [1.807, 2.05) is 41.1 Å². The number of nitrogens with zero attached hydrogens (tertiary/aromatic N) is 2. The molecule has 1 atom stereocenters. The summed E-state index contributed by atoms with van der Waals surface area (Å²) < 4.78 is 2.04. The lowest BCUT2D eigenvalue weighted by molar-refractivity contribution is -0.155. The fourth-order valence-corrected chi connectivity index (χ4v) is 3.27. The van der Waals surface area contributed by atoms with Gasteiger partial charge in [-0.25, -0.2) is 4.79 Å². The number of benzene rings is 1. The molecule has 3 rings (SSSR count). The van der Waals surface area contributed by atoms with Gasteiger partial charge in [-0.05, 0) is 37.3 Å². The first-order valence-corrected chi connectivity index (χ1v) is 7.60. The number of carbonyl (C=O) groups excluding carboxylic acids is 1. The Balaban J connectivity index is 1.71. The number of carboxylic acid groups (broad SMARTS) is 1. The fraction of sp³-hybridized carbons (Fsp3) is 0.412. The van der Waals surface area contributed by atoms with E-state index < -0.39 is 11.5 Å². The highest BCUT2D eigenvalue weighted by molar-refractivity contribution is 5.87. The number of rotatable bonds is 4. The van der Waals surface area contributed by atoms with Gasteiger partial charge in [-0.2, -0.15) is 0 Å². The Bertz CT molecular complexity index is 722. The fourth-order valence-electron chi connectivity index (χ4n) is 3.27. The van der Waals surface area contributed by atoms with E-state index in [0.29, 0.717) is 25.9 Å². The Morgan fingerprint density at radius 2 is 2.05 bits per heavy atom. The summed E-state index contributed by atoms with van der Waals surface area (Å²) in [6.45, 7) is 2.75. The van der Waals surface area contributed by atoms with Gasteiger partial charge in [0, 0.05) is 31.2 Å². The van der Waals surface area contributed by atoms with Crippen molar-refractivity contribution in [2.45, 2.75) is 38.3 Å². The van der Waals surface area contributed by atoms with E-state index in [1.54, 1.807) is 6.92 Å². The molecule has 1 aromatic carbocycles. The van der Waals surface area contributed by atoms with Gasteiger partial charge in [0.25, 0.3) is 0 Å². The van der Waals surface area contributed by atoms with Gasteiger partial charge in [-0.1, -0.05) is 18.2 Å². The SMILES string of the molecule is CC1(C(=O)O)CCCN1C(=O)CCn1ccc2ccccc21. The van der Waals surface area contributed by atoms with Crippen molar-refractivity contribution in [3.63, 3.8) is 0 Å². The number of aryl methyl sites for hydroxylation is 1. The second kappa shape index (κ2) is 5.48. The molecule has 1 fully saturated rings. The summed E-state index contributed by atoms with van der Waals surface area (Å²) in [5.41, 5.74) is 0.0493. The van der Waals surface area contributed by atoms with E-state index in [-0.39, 0.29) is 5.91 Å². The molecule has 1 aliphatic rings. The summed E-state index contributed by atoms with van der Waals surface area (Å²) in [5, 5.41) is 10.5. The zero-order valence-electron chi connectivity index (χ0n) is 12.7. The van der Waals surface area contributed by atoms with Crippen molar-refractivity contribution in [1.82, 2.24) is 9.47 Å². The van der Waals surface area contributed by atoms with Crippen molar-refractivity contribution in [2.24, 2.45) is 0 Å². The molecule has 116 valence electrons. The second-order valence-electron chi connectivity index (χ2n) is 6.05. The molecule has 2 heterocycles. The van der Waals surface area contributed by atoms with Gasteiger partial charge in [0.1, 0.15) is 5.54 Å². The average Bonchev–Trinajstić information content (AvgIpc) is 3.09. The lowest BCUT2D eigenvalue weighted by Crippen LogP contribution is -2.50. The Morgan fingerprint density at radius 1 is 1.27 bits per heavy atom. The van der Waals surface area contributed by atoms with E-state index >= 15 is 0 Å². The second-order valence-corrected chi connectivity index (χ2v) is 6.05. The van der Waals surface area contributed by atoms with Crippen LogP contribution in [0.15, 0.2) is 36.5 Å². The van der Waals surface area contributed by atoms with Crippen molar-refractivity contribution in [2.75, 3.05) is 6.54 Å². The third kappa shape index (κ3) is 2.36. The summed E-state index contributed by atoms with van der Waals surface area (Å²) in [7, 11) is 0. The van der Waals surface area contributed by atoms with Crippen LogP contribution >= 0.6 is 0 Å². The quantitative estimate of drug-likeness (QED) is 0.943. The van der Waals surface area contributed by atoms with Crippen LogP contribution in [0, 0.1) is 0 Å². The first-order valence-electron chi connectivity index (χ1n) is 7.60. The Kier molecular flexibility index (Phi) is 3.64. The van der Waals surface area contributed by atoms with Crippen LogP contribution in [-0.4, -0.2) is 38.5 Å². The highest BCUT2D eigenvalue weighted by Crippen LogP contribution is 2.30. The molecule has 5 nitrogen and oxygen atoms in total. The number of hydrogen-bond acceptors (Lipinski definition) is 2. The smallest absolute Gasteiger partial charge is 0.329 e. The van der Waals surface area contributed by atoms with E-state index in [4.69, 9.17) is 0 Å². The molecule has 1 N–H and O–H groups in total. The van der Waals surface area contributed by atoms with Gasteiger partial charge in [-0.15, -0.1) is 0 Å². The van der Waals surface area contributed by atoms with E-state index in [9.17, 15) is 14.7 Å². The molecular weight excluding hydrogens is 280 g/mol. The van der Waals surface area contributed by atoms with Crippen molar-refractivity contribution < 1.29 is 14.7 Å². The summed E-state index contributed by atoms with van der Waals surface area (Å²) in [4.78, 5) is 25.4. The monoisotopic (exact) mass is 300 g/mol. The highest BCUT2D eigenvalue weighted by atomic mass is 16.4. The van der Waals surface area contributed by atoms with Crippen LogP contribution in [0.3, 0.4) is 0 Å². The normalized spacial score (nSPS) is 21.4. The van der Waals surface area contributed by atoms with Crippen molar-refractivity contribution in [1.29, 1.82) is 0 Å². The third-order valence-electron chi connectivity index (χ3n) is 4.65. The van der Waals surface area contributed by atoms with Gasteiger partial charge >= 0.3 is 5.97 Å². The zero-order chi connectivity index (χ0) is 15.7. The van der Waals surface area contributed by atoms with Gasteiger partial charge in [-0.3, -0.25) is 4.79 Å². The topological polar surface area (TPSA) is 62.5 Å². The number of amides is 1. The standard InChI is InChI=1S/C17H20N2O3/c1-17(16(21)22)9-4-10-19(17)15(20)8-12-18-11-7-13-5-2-3-6-14(13)18/h2-3,5-7,11H,4,8-10,12H2,1H3,(H,21,22). The Labute approximate surface area is 129 Å². The van der Waals surface area contributed by atoms with E-state index in [2.05, 4.69) is 0 Å². The van der Waals surface area contributed by atoms with Gasteiger partial charge in [0.15, 0.2) is 0 Å². The number of carbonyl (C=O) groups is 2. The van der Waals surface area contributed by atoms with Crippen molar-refractivity contribution in [3.8, 4) is 0 Å². The summed E-state index contributed by atoms with van der Waals surface area (Å²) >= 11 is 0. The minimum atomic E-state index is -1.05. The molecule has 1 unspecified atom stereocenters. The predicted octanol–water partition coefficient (Wildman–Crippen LogP) is 2.50. The lowest BCUT2D eigenvalue weighted by Gasteiger charge is -2.31. The zero-order valence-corrected chi connectivity index (χ0v) is 12.7. The van der Waals surface area contributed by atoms with Crippen LogP contribution in [0.4, 0.5) is 0 Å². The Hall–Kier alpha value is -2.30.